The normalized spacial score (nSPS) is 12.2. The molecule has 0 aliphatic rings. The van der Waals surface area contributed by atoms with Gasteiger partial charge in [-0.05, 0) is 19.3 Å². The lowest BCUT2D eigenvalue weighted by atomic mass is 10.0. The molecule has 0 radical (unpaired) electrons. The number of hydrogen-bond donors (Lipinski definition) is 3. The summed E-state index contributed by atoms with van der Waals surface area (Å²) in [5.41, 5.74) is 0. The van der Waals surface area contributed by atoms with Gasteiger partial charge < -0.3 is 16.4 Å². The van der Waals surface area contributed by atoms with E-state index in [1.807, 2.05) is 0 Å². The minimum atomic E-state index is -0.106. The number of aliphatic hydroxyl groups excluding tert-OH is 2. The Bertz CT molecular complexity index is 97.8. The lowest BCUT2D eigenvalue weighted by Gasteiger charge is -2.09. The molecule has 0 aromatic heterocycles. The van der Waals surface area contributed by atoms with Crippen LogP contribution in [0.5, 0.6) is 0 Å². The van der Waals surface area contributed by atoms with E-state index in [1.54, 1.807) is 0 Å². The molecular weight excluding hydrogens is 190 g/mol. The second kappa shape index (κ2) is 13.9. The van der Waals surface area contributed by atoms with Crippen molar-refractivity contribution in [3.05, 3.63) is 0 Å². The molecule has 0 spiro atoms. The Hall–Kier alpha value is -0.120. The summed E-state index contributed by atoms with van der Waals surface area (Å²) in [5.74, 6) is 0. The predicted molar refractivity (Wildman–Crippen MR) is 65.3 cm³/mol. The molecule has 1 unspecified atom stereocenters. The highest BCUT2D eigenvalue weighted by atomic mass is 16.3. The molecule has 0 amide bonds. The van der Waals surface area contributed by atoms with Crippen LogP contribution in [0.1, 0.15) is 64.7 Å². The number of aliphatic hydroxyl groups is 2. The van der Waals surface area contributed by atoms with Gasteiger partial charge in [-0.2, -0.15) is 0 Å². The van der Waals surface area contributed by atoms with Crippen molar-refractivity contribution in [2.24, 2.45) is 0 Å². The van der Waals surface area contributed by atoms with Crippen LogP contribution in [0.15, 0.2) is 0 Å². The highest BCUT2D eigenvalue weighted by molar-refractivity contribution is 4.56. The van der Waals surface area contributed by atoms with Gasteiger partial charge in [-0.3, -0.25) is 0 Å². The Balaban J connectivity index is 0. The molecule has 5 N–H and O–H groups in total. The largest absolute Gasteiger partial charge is 0.396 e. The monoisotopic (exact) mass is 219 g/mol. The molecule has 0 bridgehead atoms. The Morgan fingerprint density at radius 1 is 0.867 bits per heavy atom. The van der Waals surface area contributed by atoms with Gasteiger partial charge >= 0.3 is 0 Å². The van der Waals surface area contributed by atoms with Crippen LogP contribution in [-0.2, 0) is 0 Å². The van der Waals surface area contributed by atoms with Crippen LogP contribution in [-0.4, -0.2) is 22.9 Å². The van der Waals surface area contributed by atoms with Gasteiger partial charge in [0.2, 0.25) is 0 Å². The van der Waals surface area contributed by atoms with Crippen molar-refractivity contribution in [2.75, 3.05) is 6.61 Å². The molecule has 3 nitrogen and oxygen atoms in total. The molecule has 0 aliphatic carbocycles. The molecule has 0 aromatic rings. The summed E-state index contributed by atoms with van der Waals surface area (Å²) in [6.45, 7) is 2.48. The van der Waals surface area contributed by atoms with Crippen LogP contribution in [0.4, 0.5) is 0 Å². The van der Waals surface area contributed by atoms with E-state index in [0.717, 1.165) is 38.5 Å². The summed E-state index contributed by atoms with van der Waals surface area (Å²) in [6, 6.07) is 0. The van der Waals surface area contributed by atoms with Crippen molar-refractivity contribution in [3.8, 4) is 0 Å². The van der Waals surface area contributed by atoms with Gasteiger partial charge in [-0.1, -0.05) is 45.4 Å². The van der Waals surface area contributed by atoms with Gasteiger partial charge in [0.1, 0.15) is 0 Å². The van der Waals surface area contributed by atoms with Gasteiger partial charge in [-0.15, -0.1) is 0 Å². The minimum Gasteiger partial charge on any atom is -0.396 e. The van der Waals surface area contributed by atoms with Crippen LogP contribution in [0.25, 0.3) is 0 Å². The Labute approximate surface area is 94.5 Å². The van der Waals surface area contributed by atoms with Crippen LogP contribution < -0.4 is 6.15 Å². The summed E-state index contributed by atoms with van der Waals surface area (Å²) in [7, 11) is 0. The fourth-order valence-corrected chi connectivity index (χ4v) is 1.62. The third-order valence-electron chi connectivity index (χ3n) is 2.59. The summed E-state index contributed by atoms with van der Waals surface area (Å²) in [6.07, 6.45) is 9.69. The lowest BCUT2D eigenvalue weighted by molar-refractivity contribution is 0.146. The highest BCUT2D eigenvalue weighted by Gasteiger charge is 2.02. The summed E-state index contributed by atoms with van der Waals surface area (Å²) in [4.78, 5) is 0. The van der Waals surface area contributed by atoms with Crippen molar-refractivity contribution in [3.63, 3.8) is 0 Å². The first-order valence-electron chi connectivity index (χ1n) is 6.10. The SMILES string of the molecule is CCCCCCC(O)CCCCCO.N. The van der Waals surface area contributed by atoms with Gasteiger partial charge in [0.25, 0.3) is 0 Å². The zero-order chi connectivity index (χ0) is 10.6. The lowest BCUT2D eigenvalue weighted by Crippen LogP contribution is -2.06. The van der Waals surface area contributed by atoms with Crippen molar-refractivity contribution in [2.45, 2.75) is 70.8 Å². The van der Waals surface area contributed by atoms with Crippen molar-refractivity contribution in [1.29, 1.82) is 0 Å². The maximum Gasteiger partial charge on any atom is 0.0540 e. The topological polar surface area (TPSA) is 75.5 Å². The second-order valence-corrected chi connectivity index (χ2v) is 4.08. The average Bonchev–Trinajstić information content (AvgIpc) is 2.19. The maximum atomic E-state index is 9.59. The maximum absolute atomic E-state index is 9.59. The van der Waals surface area contributed by atoms with Crippen LogP contribution in [0.2, 0.25) is 0 Å². The molecule has 3 heteroatoms. The van der Waals surface area contributed by atoms with Crippen LogP contribution in [0.3, 0.4) is 0 Å². The molecule has 0 rings (SSSR count). The molecular formula is C12H29NO2. The van der Waals surface area contributed by atoms with E-state index < -0.39 is 0 Å². The molecule has 0 fully saturated rings. The van der Waals surface area contributed by atoms with Gasteiger partial charge in [-0.25, -0.2) is 0 Å². The van der Waals surface area contributed by atoms with Crippen molar-refractivity contribution < 1.29 is 10.2 Å². The van der Waals surface area contributed by atoms with Crippen LogP contribution in [0, 0.1) is 0 Å². The van der Waals surface area contributed by atoms with Crippen molar-refractivity contribution in [1.82, 2.24) is 6.15 Å². The molecule has 94 valence electrons. The first kappa shape index (κ1) is 17.3. The van der Waals surface area contributed by atoms with E-state index in [9.17, 15) is 5.11 Å². The Kier molecular flexibility index (Phi) is 16.0. The molecule has 0 aromatic carbocycles. The first-order valence-corrected chi connectivity index (χ1v) is 6.10. The average molecular weight is 219 g/mol. The third-order valence-corrected chi connectivity index (χ3v) is 2.59. The van der Waals surface area contributed by atoms with E-state index in [-0.39, 0.29) is 18.9 Å². The quantitative estimate of drug-likeness (QED) is 0.494. The predicted octanol–water partition coefficient (Wildman–Crippen LogP) is 3.03. The van der Waals surface area contributed by atoms with E-state index in [1.165, 1.54) is 19.3 Å². The molecule has 0 heterocycles. The number of hydrogen-bond acceptors (Lipinski definition) is 3. The highest BCUT2D eigenvalue weighted by Crippen LogP contribution is 2.11. The Morgan fingerprint density at radius 2 is 1.40 bits per heavy atom. The van der Waals surface area contributed by atoms with Gasteiger partial charge in [0, 0.05) is 6.61 Å². The molecule has 1 atom stereocenters. The number of unbranched alkanes of at least 4 members (excludes halogenated alkanes) is 5. The van der Waals surface area contributed by atoms with E-state index >= 15 is 0 Å². The minimum absolute atomic E-state index is 0. The summed E-state index contributed by atoms with van der Waals surface area (Å²) in [5, 5.41) is 18.2. The zero-order valence-electron chi connectivity index (χ0n) is 10.2. The first-order chi connectivity index (χ1) is 6.81. The molecule has 0 saturated carbocycles. The summed E-state index contributed by atoms with van der Waals surface area (Å²) >= 11 is 0. The molecule has 15 heavy (non-hydrogen) atoms. The van der Waals surface area contributed by atoms with E-state index in [0.29, 0.717) is 0 Å². The smallest absolute Gasteiger partial charge is 0.0540 e. The zero-order valence-corrected chi connectivity index (χ0v) is 10.2. The van der Waals surface area contributed by atoms with Gasteiger partial charge in [0.15, 0.2) is 0 Å². The molecule has 0 saturated heterocycles. The second-order valence-electron chi connectivity index (χ2n) is 4.08. The van der Waals surface area contributed by atoms with Crippen molar-refractivity contribution >= 4 is 0 Å². The molecule has 0 aliphatic heterocycles. The Morgan fingerprint density at radius 3 is 1.87 bits per heavy atom. The van der Waals surface area contributed by atoms with E-state index in [4.69, 9.17) is 5.11 Å². The fraction of sp³-hybridized carbons (Fsp3) is 1.00. The van der Waals surface area contributed by atoms with Gasteiger partial charge in [0.05, 0.1) is 6.10 Å². The number of rotatable bonds is 10. The van der Waals surface area contributed by atoms with E-state index in [2.05, 4.69) is 6.92 Å². The third kappa shape index (κ3) is 13.9. The summed E-state index contributed by atoms with van der Waals surface area (Å²) < 4.78 is 0. The fourth-order valence-electron chi connectivity index (χ4n) is 1.62. The standard InChI is InChI=1S/C12H26O2.H3N/c1-2-3-4-6-9-12(14)10-7-5-8-11-13;/h12-14H,2-11H2,1H3;1H3. The van der Waals surface area contributed by atoms with Crippen LogP contribution >= 0.6 is 0 Å².